The topological polar surface area (TPSA) is 92.6 Å². The van der Waals surface area contributed by atoms with E-state index in [4.69, 9.17) is 11.6 Å². The van der Waals surface area contributed by atoms with E-state index < -0.39 is 17.4 Å². The maximum atomic E-state index is 13.5. The number of rotatable bonds is 6. The van der Waals surface area contributed by atoms with E-state index in [0.717, 1.165) is 34.4 Å². The molecule has 0 spiro atoms. The first-order valence-electron chi connectivity index (χ1n) is 11.2. The molecule has 0 unspecified atom stereocenters. The van der Waals surface area contributed by atoms with Gasteiger partial charge in [0.05, 0.1) is 0 Å². The second-order valence-corrected chi connectivity index (χ2v) is 9.76. The van der Waals surface area contributed by atoms with Crippen LogP contribution in [0.4, 0.5) is 11.4 Å². The normalized spacial score (nSPS) is 11.0. The van der Waals surface area contributed by atoms with Gasteiger partial charge in [-0.25, -0.2) is 9.38 Å². The van der Waals surface area contributed by atoms with E-state index in [-0.39, 0.29) is 10.6 Å². The molecule has 2 heterocycles. The molecular formula is C26H25ClN4O3S. The van der Waals surface area contributed by atoms with Crippen LogP contribution >= 0.6 is 22.9 Å². The lowest BCUT2D eigenvalue weighted by atomic mass is 10.1. The van der Waals surface area contributed by atoms with Crippen molar-refractivity contribution in [3.63, 3.8) is 0 Å². The molecule has 0 atom stereocenters. The monoisotopic (exact) mass is 508 g/mol. The summed E-state index contributed by atoms with van der Waals surface area (Å²) in [6.07, 6.45) is 1.44. The van der Waals surface area contributed by atoms with Crippen molar-refractivity contribution in [2.75, 3.05) is 10.6 Å². The van der Waals surface area contributed by atoms with Crippen molar-refractivity contribution >= 4 is 51.1 Å². The Labute approximate surface area is 211 Å². The highest BCUT2D eigenvalue weighted by Crippen LogP contribution is 2.27. The standard InChI is InChI=1S/C26H25ClN4O3S/c1-5-7-18-13-21(32)31-22(24(33)30-20-9-6-8-14(2)16(20)4)23(35-26(31)28-18)25(34)29-19-11-10-17(27)12-15(19)3/h6,8-13H,5,7H2,1-4H3,(H,29,34)(H,30,33). The van der Waals surface area contributed by atoms with Crippen LogP contribution in [0.2, 0.25) is 5.02 Å². The minimum absolute atomic E-state index is 0.0458. The predicted octanol–water partition coefficient (Wildman–Crippen LogP) is 5.79. The Bertz CT molecular complexity index is 1520. The largest absolute Gasteiger partial charge is 0.321 e. The maximum Gasteiger partial charge on any atom is 0.274 e. The Morgan fingerprint density at radius 2 is 1.74 bits per heavy atom. The minimum atomic E-state index is -0.560. The summed E-state index contributed by atoms with van der Waals surface area (Å²) in [7, 11) is 0. The third-order valence-electron chi connectivity index (χ3n) is 5.79. The summed E-state index contributed by atoms with van der Waals surface area (Å²) in [4.78, 5) is 44.9. The van der Waals surface area contributed by atoms with Crippen LogP contribution in [0.5, 0.6) is 0 Å². The smallest absolute Gasteiger partial charge is 0.274 e. The highest BCUT2D eigenvalue weighted by Gasteiger charge is 2.27. The number of fused-ring (bicyclic) bond motifs is 1. The molecule has 7 nitrogen and oxygen atoms in total. The summed E-state index contributed by atoms with van der Waals surface area (Å²) < 4.78 is 1.22. The Balaban J connectivity index is 1.83. The van der Waals surface area contributed by atoms with Crippen LogP contribution in [0, 0.1) is 20.8 Å². The van der Waals surface area contributed by atoms with Gasteiger partial charge >= 0.3 is 0 Å². The number of anilines is 2. The van der Waals surface area contributed by atoms with Gasteiger partial charge in [-0.15, -0.1) is 0 Å². The van der Waals surface area contributed by atoms with E-state index in [1.807, 2.05) is 39.8 Å². The summed E-state index contributed by atoms with van der Waals surface area (Å²) >= 11 is 7.05. The van der Waals surface area contributed by atoms with Gasteiger partial charge in [-0.1, -0.05) is 48.4 Å². The number of benzene rings is 2. The quantitative estimate of drug-likeness (QED) is 0.344. The fourth-order valence-corrected chi connectivity index (χ4v) is 5.05. The number of aryl methyl sites for hydroxylation is 3. The van der Waals surface area contributed by atoms with Gasteiger partial charge in [0.25, 0.3) is 17.4 Å². The molecule has 4 aromatic rings. The number of nitrogens with zero attached hydrogens (tertiary/aromatic N) is 2. The number of amides is 2. The van der Waals surface area contributed by atoms with Crippen LogP contribution in [-0.2, 0) is 6.42 Å². The fourth-order valence-electron chi connectivity index (χ4n) is 3.78. The van der Waals surface area contributed by atoms with Gasteiger partial charge in [0.1, 0.15) is 10.6 Å². The van der Waals surface area contributed by atoms with E-state index in [0.29, 0.717) is 33.5 Å². The number of halogens is 1. The van der Waals surface area contributed by atoms with Crippen LogP contribution in [-0.4, -0.2) is 21.2 Å². The fraction of sp³-hybridized carbons (Fsp3) is 0.231. The van der Waals surface area contributed by atoms with Crippen molar-refractivity contribution in [1.29, 1.82) is 0 Å². The van der Waals surface area contributed by atoms with Crippen molar-refractivity contribution in [3.8, 4) is 0 Å². The first-order chi connectivity index (χ1) is 16.7. The van der Waals surface area contributed by atoms with E-state index >= 15 is 0 Å². The maximum absolute atomic E-state index is 13.5. The molecule has 4 rings (SSSR count). The molecule has 180 valence electrons. The number of aromatic nitrogens is 2. The van der Waals surface area contributed by atoms with Crippen LogP contribution in [0.15, 0.2) is 47.3 Å². The van der Waals surface area contributed by atoms with Crippen LogP contribution < -0.4 is 16.2 Å². The van der Waals surface area contributed by atoms with Crippen LogP contribution in [0.25, 0.3) is 4.96 Å². The average molecular weight is 509 g/mol. The number of carbonyl (C=O) groups is 2. The summed E-state index contributed by atoms with van der Waals surface area (Å²) in [6, 6.07) is 12.1. The van der Waals surface area contributed by atoms with E-state index in [1.165, 1.54) is 10.5 Å². The molecule has 2 N–H and O–H groups in total. The molecule has 2 aromatic heterocycles. The second-order valence-electron chi connectivity index (χ2n) is 8.35. The molecule has 0 fully saturated rings. The Kier molecular flexibility index (Phi) is 7.05. The first-order valence-corrected chi connectivity index (χ1v) is 12.4. The van der Waals surface area contributed by atoms with Crippen molar-refractivity contribution in [2.45, 2.75) is 40.5 Å². The summed E-state index contributed by atoms with van der Waals surface area (Å²) in [6.45, 7) is 7.66. The van der Waals surface area contributed by atoms with Gasteiger partial charge < -0.3 is 10.6 Å². The zero-order chi connectivity index (χ0) is 25.3. The van der Waals surface area contributed by atoms with Gasteiger partial charge in [-0.3, -0.25) is 14.4 Å². The summed E-state index contributed by atoms with van der Waals surface area (Å²) in [5, 5.41) is 6.27. The average Bonchev–Trinajstić information content (AvgIpc) is 3.19. The van der Waals surface area contributed by atoms with Crippen molar-refractivity contribution < 1.29 is 9.59 Å². The second kappa shape index (κ2) is 10.0. The SMILES string of the molecule is CCCc1cc(=O)n2c(C(=O)Nc3cccc(C)c3C)c(C(=O)Nc3ccc(Cl)cc3C)sc2n1. The van der Waals surface area contributed by atoms with E-state index in [2.05, 4.69) is 15.6 Å². The number of hydrogen-bond donors (Lipinski definition) is 2. The van der Waals surface area contributed by atoms with Crippen molar-refractivity contribution in [1.82, 2.24) is 9.38 Å². The molecule has 0 bridgehead atoms. The zero-order valence-electron chi connectivity index (χ0n) is 19.9. The molecule has 0 aliphatic rings. The lowest BCUT2D eigenvalue weighted by Crippen LogP contribution is -2.25. The molecule has 0 aliphatic heterocycles. The number of nitrogens with one attached hydrogen (secondary N) is 2. The van der Waals surface area contributed by atoms with Crippen molar-refractivity contribution in [3.05, 3.63) is 90.8 Å². The van der Waals surface area contributed by atoms with Crippen LogP contribution in [0.3, 0.4) is 0 Å². The Hall–Kier alpha value is -3.49. The Morgan fingerprint density at radius 3 is 2.46 bits per heavy atom. The Morgan fingerprint density at radius 1 is 1.00 bits per heavy atom. The summed E-state index contributed by atoms with van der Waals surface area (Å²) in [5.41, 5.74) is 4.03. The van der Waals surface area contributed by atoms with Gasteiger partial charge in [0.2, 0.25) is 0 Å². The molecule has 2 aromatic carbocycles. The van der Waals surface area contributed by atoms with Gasteiger partial charge in [-0.2, -0.15) is 0 Å². The molecule has 9 heteroatoms. The molecule has 0 radical (unpaired) electrons. The minimum Gasteiger partial charge on any atom is -0.321 e. The molecule has 2 amide bonds. The highest BCUT2D eigenvalue weighted by molar-refractivity contribution is 7.19. The molecule has 35 heavy (non-hydrogen) atoms. The first kappa shape index (κ1) is 24.6. The van der Waals surface area contributed by atoms with Crippen LogP contribution in [0.1, 0.15) is 55.9 Å². The summed E-state index contributed by atoms with van der Waals surface area (Å²) in [5.74, 6) is -1.07. The molecule has 0 saturated heterocycles. The lowest BCUT2D eigenvalue weighted by molar-refractivity contribution is 0.0989. The highest BCUT2D eigenvalue weighted by atomic mass is 35.5. The number of hydrogen-bond acceptors (Lipinski definition) is 5. The zero-order valence-corrected chi connectivity index (χ0v) is 21.4. The van der Waals surface area contributed by atoms with Gasteiger partial charge in [-0.05, 0) is 68.1 Å². The number of thiazole rings is 1. The van der Waals surface area contributed by atoms with Crippen molar-refractivity contribution in [2.24, 2.45) is 0 Å². The molecule has 0 saturated carbocycles. The lowest BCUT2D eigenvalue weighted by Gasteiger charge is -2.12. The third kappa shape index (κ3) is 4.99. The molecular weight excluding hydrogens is 484 g/mol. The third-order valence-corrected chi connectivity index (χ3v) is 7.06. The van der Waals surface area contributed by atoms with E-state index in [9.17, 15) is 14.4 Å². The van der Waals surface area contributed by atoms with E-state index in [1.54, 1.807) is 24.3 Å². The van der Waals surface area contributed by atoms with Gasteiger partial charge in [0, 0.05) is 28.2 Å². The van der Waals surface area contributed by atoms with Gasteiger partial charge in [0.15, 0.2) is 4.96 Å². The molecule has 0 aliphatic carbocycles. The number of carbonyl (C=O) groups excluding carboxylic acids is 2. The predicted molar refractivity (Wildman–Crippen MR) is 141 cm³/mol.